The zero-order chi connectivity index (χ0) is 23.6. The van der Waals surface area contributed by atoms with E-state index >= 15 is 0 Å². The molecule has 0 spiro atoms. The van der Waals surface area contributed by atoms with Gasteiger partial charge >= 0.3 is 0 Å². The minimum Gasteiger partial charge on any atom is -1.00 e. The number of carbonyl (C=O) groups excluding carboxylic acids is 1. The van der Waals surface area contributed by atoms with Gasteiger partial charge in [-0.25, -0.2) is 4.68 Å². The molecule has 8 nitrogen and oxygen atoms in total. The number of morpholine rings is 1. The maximum Gasteiger partial charge on any atom is 0.233 e. The zero-order valence-electron chi connectivity index (χ0n) is 19.8. The second kappa shape index (κ2) is 11.1. The Morgan fingerprint density at radius 2 is 1.72 bits per heavy atom. The van der Waals surface area contributed by atoms with Crippen molar-refractivity contribution in [2.45, 2.75) is 5.37 Å². The molecule has 0 N–H and O–H groups in total. The molecule has 3 aromatic rings. The molecular formula is C26H28ClN4O4S-. The molecule has 2 saturated heterocycles. The number of amides is 1. The van der Waals surface area contributed by atoms with Crippen LogP contribution in [0.4, 0.5) is 0 Å². The molecule has 0 radical (unpaired) electrons. The van der Waals surface area contributed by atoms with Gasteiger partial charge in [-0.05, 0) is 30.3 Å². The van der Waals surface area contributed by atoms with Crippen LogP contribution in [0.5, 0.6) is 11.5 Å². The van der Waals surface area contributed by atoms with Crippen LogP contribution in [0.3, 0.4) is 0 Å². The molecule has 3 aliphatic heterocycles. The van der Waals surface area contributed by atoms with E-state index in [1.54, 1.807) is 11.8 Å². The van der Waals surface area contributed by atoms with Crippen molar-refractivity contribution in [2.24, 2.45) is 0 Å². The summed E-state index contributed by atoms with van der Waals surface area (Å²) >= 11 is 1.67. The minimum atomic E-state index is -0.0933. The second-order valence-electron chi connectivity index (χ2n) is 8.78. The minimum absolute atomic E-state index is 0. The van der Waals surface area contributed by atoms with E-state index in [-0.39, 0.29) is 23.7 Å². The number of thioether (sulfide) groups is 1. The molecule has 10 heteroatoms. The van der Waals surface area contributed by atoms with Crippen LogP contribution in [0.1, 0.15) is 10.9 Å². The molecule has 190 valence electrons. The summed E-state index contributed by atoms with van der Waals surface area (Å²) in [4.78, 5) is 17.3. The van der Waals surface area contributed by atoms with Gasteiger partial charge in [0.1, 0.15) is 18.6 Å². The van der Waals surface area contributed by atoms with Crippen LogP contribution in [0.25, 0.3) is 16.9 Å². The number of nitrogens with zero attached hydrogens (tertiary/aromatic N) is 4. The molecular weight excluding hydrogens is 500 g/mol. The topological polar surface area (TPSA) is 69.1 Å². The number of hydrogen-bond acceptors (Lipinski definition) is 7. The van der Waals surface area contributed by atoms with Gasteiger partial charge in [-0.15, -0.1) is 11.8 Å². The second-order valence-corrected chi connectivity index (χ2v) is 9.84. The largest absolute Gasteiger partial charge is 1.00 e. The van der Waals surface area contributed by atoms with Crippen molar-refractivity contribution in [3.05, 3.63) is 60.3 Å². The molecule has 2 aromatic carbocycles. The summed E-state index contributed by atoms with van der Waals surface area (Å²) in [6, 6.07) is 16.0. The maximum absolute atomic E-state index is 12.9. The number of fused-ring (bicyclic) bond motifs is 1. The molecule has 0 bridgehead atoms. The molecule has 4 heterocycles. The van der Waals surface area contributed by atoms with Gasteiger partial charge in [0.25, 0.3) is 0 Å². The van der Waals surface area contributed by atoms with E-state index in [1.165, 1.54) is 0 Å². The summed E-state index contributed by atoms with van der Waals surface area (Å²) in [5.74, 6) is 2.13. The normalized spacial score (nSPS) is 19.8. The van der Waals surface area contributed by atoms with Gasteiger partial charge in [-0.3, -0.25) is 9.69 Å². The Morgan fingerprint density at radius 3 is 2.53 bits per heavy atom. The Morgan fingerprint density at radius 1 is 0.944 bits per heavy atom. The Hall–Kier alpha value is -2.72. The predicted molar refractivity (Wildman–Crippen MR) is 134 cm³/mol. The lowest BCUT2D eigenvalue weighted by Crippen LogP contribution is -3.00. The van der Waals surface area contributed by atoms with Crippen molar-refractivity contribution in [1.29, 1.82) is 0 Å². The lowest BCUT2D eigenvalue weighted by atomic mass is 10.1. The van der Waals surface area contributed by atoms with Crippen LogP contribution in [0, 0.1) is 0 Å². The third-order valence-corrected chi connectivity index (χ3v) is 7.81. The average Bonchev–Trinajstić information content (AvgIpc) is 3.52. The van der Waals surface area contributed by atoms with Crippen LogP contribution in [0.15, 0.2) is 54.7 Å². The standard InChI is InChI=1S/C26H28N4O4S.ClH/c31-24-18-35-26(29(24)9-8-28-10-12-32-13-11-28)21-17-30(20-4-2-1-3-5-20)27-25(21)19-6-7-22-23(16-19)34-15-14-33-22;/h1-7,16-17,26H,8-15,18H2;1H/p-1. The summed E-state index contributed by atoms with van der Waals surface area (Å²) in [6.45, 7) is 5.95. The van der Waals surface area contributed by atoms with E-state index in [1.807, 2.05) is 58.1 Å². The summed E-state index contributed by atoms with van der Waals surface area (Å²) in [5.41, 5.74) is 3.82. The quantitative estimate of drug-likeness (QED) is 0.454. The van der Waals surface area contributed by atoms with Gasteiger partial charge in [-0.2, -0.15) is 5.10 Å². The van der Waals surface area contributed by atoms with Gasteiger partial charge in [0.15, 0.2) is 11.5 Å². The lowest BCUT2D eigenvalue weighted by Gasteiger charge is -2.30. The lowest BCUT2D eigenvalue weighted by molar-refractivity contribution is -0.128. The Labute approximate surface area is 220 Å². The average molecular weight is 528 g/mol. The third kappa shape index (κ3) is 5.06. The van der Waals surface area contributed by atoms with Crippen LogP contribution < -0.4 is 21.9 Å². The first-order valence-corrected chi connectivity index (χ1v) is 13.1. The van der Waals surface area contributed by atoms with Gasteiger partial charge in [0, 0.05) is 43.5 Å². The summed E-state index contributed by atoms with van der Waals surface area (Å²) in [6.07, 6.45) is 2.07. The summed E-state index contributed by atoms with van der Waals surface area (Å²) in [7, 11) is 0. The van der Waals surface area contributed by atoms with E-state index in [9.17, 15) is 4.79 Å². The van der Waals surface area contributed by atoms with Crippen molar-refractivity contribution in [3.63, 3.8) is 0 Å². The van der Waals surface area contributed by atoms with Crippen molar-refractivity contribution in [3.8, 4) is 28.4 Å². The molecule has 0 saturated carbocycles. The molecule has 1 unspecified atom stereocenters. The fraction of sp³-hybridized carbons (Fsp3) is 0.385. The van der Waals surface area contributed by atoms with Crippen LogP contribution >= 0.6 is 11.8 Å². The molecule has 1 atom stereocenters. The monoisotopic (exact) mass is 527 g/mol. The molecule has 0 aliphatic carbocycles. The number of ether oxygens (including phenoxy) is 3. The van der Waals surface area contributed by atoms with Crippen LogP contribution in [-0.4, -0.2) is 83.8 Å². The molecule has 1 aromatic heterocycles. The first-order chi connectivity index (χ1) is 17.3. The molecule has 36 heavy (non-hydrogen) atoms. The Balaban J connectivity index is 0.00000267. The first kappa shape index (κ1) is 25.0. The van der Waals surface area contributed by atoms with Crippen LogP contribution in [-0.2, 0) is 9.53 Å². The fourth-order valence-corrected chi connectivity index (χ4v) is 5.94. The summed E-state index contributed by atoms with van der Waals surface area (Å²) < 4.78 is 18.9. The Kier molecular flexibility index (Phi) is 7.71. The van der Waals surface area contributed by atoms with Crippen LogP contribution in [0.2, 0.25) is 0 Å². The number of para-hydroxylation sites is 1. The van der Waals surface area contributed by atoms with Crippen molar-refractivity contribution >= 4 is 17.7 Å². The number of rotatable bonds is 6. The number of halogens is 1. The highest BCUT2D eigenvalue weighted by atomic mass is 35.5. The smallest absolute Gasteiger partial charge is 0.233 e. The highest BCUT2D eigenvalue weighted by molar-refractivity contribution is 8.00. The molecule has 2 fully saturated rings. The SMILES string of the molecule is O=C1CSC(c2cn(-c3ccccc3)nc2-c2ccc3c(c2)OCCO3)N1CCN1CCOCC1.[Cl-]. The van der Waals surface area contributed by atoms with Crippen molar-refractivity contribution in [1.82, 2.24) is 19.6 Å². The zero-order valence-corrected chi connectivity index (χ0v) is 21.4. The first-order valence-electron chi connectivity index (χ1n) is 12.0. The van der Waals surface area contributed by atoms with Gasteiger partial charge in [0.05, 0.1) is 30.3 Å². The number of benzene rings is 2. The Bertz CT molecular complexity index is 1200. The van der Waals surface area contributed by atoms with E-state index in [2.05, 4.69) is 11.1 Å². The maximum atomic E-state index is 12.9. The van der Waals surface area contributed by atoms with E-state index in [0.29, 0.717) is 25.5 Å². The van der Waals surface area contributed by atoms with Gasteiger partial charge < -0.3 is 31.5 Å². The highest BCUT2D eigenvalue weighted by Crippen LogP contribution is 2.44. The molecule has 3 aliphatic rings. The third-order valence-electron chi connectivity index (χ3n) is 6.57. The summed E-state index contributed by atoms with van der Waals surface area (Å²) in [5, 5.41) is 4.90. The number of carbonyl (C=O) groups is 1. The highest BCUT2D eigenvalue weighted by Gasteiger charge is 2.36. The number of aromatic nitrogens is 2. The van der Waals surface area contributed by atoms with Crippen molar-refractivity contribution in [2.75, 3.05) is 58.4 Å². The fourth-order valence-electron chi connectivity index (χ4n) is 4.72. The van der Waals surface area contributed by atoms with Crippen molar-refractivity contribution < 1.29 is 31.4 Å². The van der Waals surface area contributed by atoms with Gasteiger partial charge in [-0.1, -0.05) is 18.2 Å². The predicted octanol–water partition coefficient (Wildman–Crippen LogP) is 0.221. The van der Waals surface area contributed by atoms with E-state index in [0.717, 1.165) is 66.9 Å². The molecule has 6 rings (SSSR count). The van der Waals surface area contributed by atoms with E-state index < -0.39 is 0 Å². The van der Waals surface area contributed by atoms with Gasteiger partial charge in [0.2, 0.25) is 5.91 Å². The number of hydrogen-bond donors (Lipinski definition) is 0. The molecule has 1 amide bonds. The van der Waals surface area contributed by atoms with E-state index in [4.69, 9.17) is 19.3 Å².